The number of halogens is 1. The molecule has 1 aromatic carbocycles. The molecule has 0 aromatic heterocycles. The average Bonchev–Trinajstić information content (AvgIpc) is 2.27. The summed E-state index contributed by atoms with van der Waals surface area (Å²) in [6, 6.07) is 7.61. The van der Waals surface area contributed by atoms with Crippen molar-refractivity contribution >= 4 is 6.08 Å². The van der Waals surface area contributed by atoms with E-state index < -0.39 is 0 Å². The Labute approximate surface area is 59.0 Å². The van der Waals surface area contributed by atoms with Crippen molar-refractivity contribution in [2.75, 3.05) is 0 Å². The molecular weight excluding hydrogens is 127 g/mol. The molecule has 0 saturated carbocycles. The Balaban J connectivity index is 2.54. The Morgan fingerprint density at radius 3 is 2.40 bits per heavy atom. The number of benzene rings is 1. The molecule has 0 fully saturated rings. The summed E-state index contributed by atoms with van der Waals surface area (Å²) in [5.41, 5.74) is 1.94. The van der Waals surface area contributed by atoms with Crippen molar-refractivity contribution < 1.29 is 4.39 Å². The molecule has 1 radical (unpaired) electrons. The van der Waals surface area contributed by atoms with Crippen molar-refractivity contribution in [1.82, 2.24) is 0 Å². The van der Waals surface area contributed by atoms with Crippen LogP contribution < -0.4 is 0 Å². The predicted molar refractivity (Wildman–Crippen MR) is 38.9 cm³/mol. The molecule has 0 saturated heterocycles. The van der Waals surface area contributed by atoms with E-state index in [2.05, 4.69) is 0 Å². The van der Waals surface area contributed by atoms with Crippen LogP contribution in [-0.4, -0.2) is 0 Å². The molecule has 1 aromatic rings. The molecule has 0 unspecified atom stereocenters. The molecule has 0 spiro atoms. The largest absolute Gasteiger partial charge is 0.211 e. The van der Waals surface area contributed by atoms with E-state index in [4.69, 9.17) is 0 Å². The van der Waals surface area contributed by atoms with Crippen LogP contribution in [0.5, 0.6) is 0 Å². The van der Waals surface area contributed by atoms with Crippen molar-refractivity contribution in [3.8, 4) is 0 Å². The molecular formula is C9H6F. The van der Waals surface area contributed by atoms with E-state index in [-0.39, 0.29) is 5.83 Å². The van der Waals surface area contributed by atoms with Gasteiger partial charge in [-0.05, 0) is 17.2 Å². The number of rotatable bonds is 0. The lowest BCUT2D eigenvalue weighted by Gasteiger charge is -1.92. The first kappa shape index (κ1) is 5.66. The van der Waals surface area contributed by atoms with Gasteiger partial charge in [0.15, 0.2) is 0 Å². The van der Waals surface area contributed by atoms with Gasteiger partial charge in [-0.2, -0.15) is 0 Å². The van der Waals surface area contributed by atoms with Crippen LogP contribution >= 0.6 is 0 Å². The molecule has 1 aliphatic carbocycles. The van der Waals surface area contributed by atoms with E-state index in [1.165, 1.54) is 12.5 Å². The van der Waals surface area contributed by atoms with Crippen LogP contribution in [0.3, 0.4) is 0 Å². The molecule has 0 N–H and O–H groups in total. The minimum Gasteiger partial charge on any atom is -0.211 e. The average molecular weight is 133 g/mol. The van der Waals surface area contributed by atoms with E-state index in [1.807, 2.05) is 24.3 Å². The molecule has 2 rings (SSSR count). The van der Waals surface area contributed by atoms with Gasteiger partial charge in [-0.15, -0.1) is 0 Å². The normalized spacial score (nSPS) is 14.7. The lowest BCUT2D eigenvalue weighted by molar-refractivity contribution is 0.665. The van der Waals surface area contributed by atoms with Crippen molar-refractivity contribution in [2.24, 2.45) is 0 Å². The quantitative estimate of drug-likeness (QED) is 0.510. The highest BCUT2D eigenvalue weighted by Crippen LogP contribution is 2.26. The van der Waals surface area contributed by atoms with Gasteiger partial charge in [0.1, 0.15) is 5.83 Å². The fourth-order valence-corrected chi connectivity index (χ4v) is 1.11. The Kier molecular flexibility index (Phi) is 1.10. The summed E-state index contributed by atoms with van der Waals surface area (Å²) < 4.78 is 12.5. The maximum absolute atomic E-state index is 12.5. The Morgan fingerprint density at radius 2 is 1.70 bits per heavy atom. The highest BCUT2D eigenvalue weighted by atomic mass is 19.1. The standard InChI is InChI=1S/C9H6F/c10-9-5-7-3-1-2-4-8(7)6-9/h1-6H. The number of fused-ring (bicyclic) bond motifs is 1. The second-order valence-corrected chi connectivity index (χ2v) is 2.30. The summed E-state index contributed by atoms with van der Waals surface area (Å²) in [7, 11) is 0. The first-order chi connectivity index (χ1) is 4.86. The van der Waals surface area contributed by atoms with E-state index in [0.29, 0.717) is 0 Å². The van der Waals surface area contributed by atoms with Crippen molar-refractivity contribution in [2.45, 2.75) is 0 Å². The summed E-state index contributed by atoms with van der Waals surface area (Å²) in [6.45, 7) is 0. The molecule has 0 bridgehead atoms. The zero-order valence-electron chi connectivity index (χ0n) is 5.34. The molecule has 1 aliphatic rings. The molecule has 0 atom stereocenters. The number of hydrogen-bond acceptors (Lipinski definition) is 0. The Hall–Kier alpha value is -1.11. The van der Waals surface area contributed by atoms with Gasteiger partial charge < -0.3 is 0 Å². The Morgan fingerprint density at radius 1 is 1.00 bits per heavy atom. The molecule has 0 aliphatic heterocycles. The highest BCUT2D eigenvalue weighted by molar-refractivity contribution is 5.67. The third-order valence-corrected chi connectivity index (χ3v) is 1.58. The number of allylic oxidation sites excluding steroid dienone is 1. The van der Waals surface area contributed by atoms with Crippen LogP contribution in [0.2, 0.25) is 0 Å². The van der Waals surface area contributed by atoms with E-state index in [9.17, 15) is 4.39 Å². The van der Waals surface area contributed by atoms with Crippen LogP contribution in [-0.2, 0) is 0 Å². The van der Waals surface area contributed by atoms with Gasteiger partial charge in [0, 0.05) is 6.42 Å². The van der Waals surface area contributed by atoms with Crippen LogP contribution in [0.4, 0.5) is 4.39 Å². The van der Waals surface area contributed by atoms with Crippen LogP contribution in [0.15, 0.2) is 30.1 Å². The summed E-state index contributed by atoms with van der Waals surface area (Å²) in [5.74, 6) is -0.152. The van der Waals surface area contributed by atoms with Gasteiger partial charge in [-0.1, -0.05) is 24.3 Å². The lowest BCUT2D eigenvalue weighted by Crippen LogP contribution is -1.76. The molecule has 10 heavy (non-hydrogen) atoms. The zero-order valence-corrected chi connectivity index (χ0v) is 5.34. The third kappa shape index (κ3) is 0.747. The topological polar surface area (TPSA) is 0 Å². The van der Waals surface area contributed by atoms with E-state index in [0.717, 1.165) is 11.1 Å². The molecule has 49 valence electrons. The van der Waals surface area contributed by atoms with Crippen LogP contribution in [0.1, 0.15) is 11.1 Å². The summed E-state index contributed by atoms with van der Waals surface area (Å²) in [6.07, 6.45) is 3.07. The summed E-state index contributed by atoms with van der Waals surface area (Å²) >= 11 is 0. The second kappa shape index (κ2) is 1.94. The smallest absolute Gasteiger partial charge is 0.109 e. The highest BCUT2D eigenvalue weighted by Gasteiger charge is 2.10. The van der Waals surface area contributed by atoms with Crippen molar-refractivity contribution in [3.63, 3.8) is 0 Å². The van der Waals surface area contributed by atoms with E-state index >= 15 is 0 Å². The second-order valence-electron chi connectivity index (χ2n) is 2.30. The van der Waals surface area contributed by atoms with Gasteiger partial charge in [0.25, 0.3) is 0 Å². The Bertz CT molecular complexity index is 287. The minimum atomic E-state index is -0.152. The first-order valence-electron chi connectivity index (χ1n) is 3.17. The fraction of sp³-hybridized carbons (Fsp3) is 0. The summed E-state index contributed by atoms with van der Waals surface area (Å²) in [5, 5.41) is 0. The minimum absolute atomic E-state index is 0.152. The molecule has 0 nitrogen and oxygen atoms in total. The summed E-state index contributed by atoms with van der Waals surface area (Å²) in [4.78, 5) is 0. The number of hydrogen-bond donors (Lipinski definition) is 0. The molecule has 0 heterocycles. The monoisotopic (exact) mass is 133 g/mol. The van der Waals surface area contributed by atoms with Gasteiger partial charge in [-0.25, -0.2) is 4.39 Å². The van der Waals surface area contributed by atoms with Crippen molar-refractivity contribution in [1.29, 1.82) is 0 Å². The molecule has 1 heteroatoms. The van der Waals surface area contributed by atoms with Gasteiger partial charge in [0.05, 0.1) is 0 Å². The lowest BCUT2D eigenvalue weighted by atomic mass is 10.1. The van der Waals surface area contributed by atoms with Gasteiger partial charge in [0.2, 0.25) is 0 Å². The SMILES string of the molecule is FC1=Cc2ccccc2[CH]1. The van der Waals surface area contributed by atoms with Crippen molar-refractivity contribution in [3.05, 3.63) is 47.6 Å². The predicted octanol–water partition coefficient (Wildman–Crippen LogP) is 2.56. The maximum Gasteiger partial charge on any atom is 0.109 e. The van der Waals surface area contributed by atoms with E-state index in [1.54, 1.807) is 0 Å². The van der Waals surface area contributed by atoms with Crippen LogP contribution in [0.25, 0.3) is 6.08 Å². The maximum atomic E-state index is 12.5. The zero-order chi connectivity index (χ0) is 6.97. The van der Waals surface area contributed by atoms with Crippen LogP contribution in [0, 0.1) is 6.42 Å². The van der Waals surface area contributed by atoms with Gasteiger partial charge in [-0.3, -0.25) is 0 Å². The molecule has 0 amide bonds. The fourth-order valence-electron chi connectivity index (χ4n) is 1.11. The first-order valence-corrected chi connectivity index (χ1v) is 3.17. The third-order valence-electron chi connectivity index (χ3n) is 1.58. The van der Waals surface area contributed by atoms with Gasteiger partial charge >= 0.3 is 0 Å².